The summed E-state index contributed by atoms with van der Waals surface area (Å²) in [6.45, 7) is 17.9. The fourth-order valence-corrected chi connectivity index (χ4v) is 6.52. The Morgan fingerprint density at radius 2 is 1.03 bits per heavy atom. The first-order valence-corrected chi connectivity index (χ1v) is 16.0. The minimum atomic E-state index is -0.447. The van der Waals surface area contributed by atoms with Gasteiger partial charge in [0.15, 0.2) is 9.76 Å². The van der Waals surface area contributed by atoms with Gasteiger partial charge in [0.05, 0.1) is 26.2 Å². The summed E-state index contributed by atoms with van der Waals surface area (Å²) >= 11 is 0. The van der Waals surface area contributed by atoms with Crippen LogP contribution in [-0.2, 0) is 4.43 Å². The fourth-order valence-electron chi connectivity index (χ4n) is 5.22. The van der Waals surface area contributed by atoms with Crippen molar-refractivity contribution >= 4 is 9.76 Å². The molecule has 33 heavy (non-hydrogen) atoms. The molecule has 0 aromatic carbocycles. The molecule has 202 valence electrons. The van der Waals surface area contributed by atoms with Crippen molar-refractivity contribution in [2.75, 3.05) is 26.7 Å². The molecule has 0 aliphatic rings. The van der Waals surface area contributed by atoms with Crippen LogP contribution in [0.3, 0.4) is 0 Å². The van der Waals surface area contributed by atoms with Crippen LogP contribution in [-0.4, -0.2) is 47.0 Å². The van der Waals surface area contributed by atoms with E-state index in [2.05, 4.69) is 48.6 Å². The van der Waals surface area contributed by atoms with Gasteiger partial charge >= 0.3 is 0 Å². The van der Waals surface area contributed by atoms with E-state index in [1.54, 1.807) is 0 Å². The molecule has 0 saturated carbocycles. The number of halogens is 1. The summed E-state index contributed by atoms with van der Waals surface area (Å²) in [6, 6.07) is 0.743. The van der Waals surface area contributed by atoms with E-state index in [1.807, 2.05) is 0 Å². The molecule has 0 fully saturated rings. The Kier molecular flexibility index (Phi) is 25.0. The molecule has 0 aliphatic heterocycles. The van der Waals surface area contributed by atoms with Crippen molar-refractivity contribution in [2.45, 2.75) is 162 Å². The SMILES string of the molecule is CCCCCCCCCC[N+](C)(CCCCCCCCCC)C(C)CC(C)(C)[SiH2]OCC.[Br-]. The number of hydrogen-bond donors (Lipinski definition) is 0. The van der Waals surface area contributed by atoms with E-state index in [0.717, 1.165) is 12.6 Å². The third-order valence-corrected chi connectivity index (χ3v) is 9.34. The second-order valence-electron chi connectivity index (χ2n) is 11.7. The highest BCUT2D eigenvalue weighted by molar-refractivity contribution is 6.31. The maximum Gasteiger partial charge on any atom is 0.167 e. The normalized spacial score (nSPS) is 13.5. The van der Waals surface area contributed by atoms with Crippen molar-refractivity contribution in [3.05, 3.63) is 0 Å². The lowest BCUT2D eigenvalue weighted by atomic mass is 9.99. The number of nitrogens with zero attached hydrogens (tertiary/aromatic N) is 1. The molecular weight excluding hydrogens is 486 g/mol. The van der Waals surface area contributed by atoms with Gasteiger partial charge in [-0.3, -0.25) is 0 Å². The topological polar surface area (TPSA) is 9.23 Å². The van der Waals surface area contributed by atoms with E-state index in [4.69, 9.17) is 4.43 Å². The average molecular weight is 551 g/mol. The molecule has 0 aromatic heterocycles. The molecule has 4 heteroatoms. The molecule has 0 aromatic rings. The Morgan fingerprint density at radius 1 is 0.667 bits per heavy atom. The lowest BCUT2D eigenvalue weighted by molar-refractivity contribution is -0.932. The smallest absolute Gasteiger partial charge is 0.167 e. The Hall–Kier alpha value is 0.617. The van der Waals surface area contributed by atoms with E-state index < -0.39 is 9.76 Å². The van der Waals surface area contributed by atoms with E-state index in [-0.39, 0.29) is 17.0 Å². The van der Waals surface area contributed by atoms with Crippen LogP contribution in [0.5, 0.6) is 0 Å². The largest absolute Gasteiger partial charge is 1.00 e. The van der Waals surface area contributed by atoms with Crippen LogP contribution >= 0.6 is 0 Å². The fraction of sp³-hybridized carbons (Fsp3) is 1.00. The number of rotatable bonds is 24. The molecule has 0 aliphatic carbocycles. The van der Waals surface area contributed by atoms with Crippen LogP contribution in [0, 0.1) is 0 Å². The van der Waals surface area contributed by atoms with Gasteiger partial charge in [-0.05, 0) is 44.6 Å². The lowest BCUT2D eigenvalue weighted by Crippen LogP contribution is -3.00. The Balaban J connectivity index is 0. The van der Waals surface area contributed by atoms with Crippen molar-refractivity contribution in [1.29, 1.82) is 0 Å². The van der Waals surface area contributed by atoms with Gasteiger partial charge in [-0.1, -0.05) is 105 Å². The standard InChI is InChI=1S/C29H64NOSi.BrH/c1-8-11-13-15-17-19-21-23-25-30(7,26-24-22-20-18-16-14-12-9-2)28(4)27-29(5,6)32-31-10-3;/h28H,8-27,32H2,1-7H3;1H/q+1;/p-1. The quantitative estimate of drug-likeness (QED) is 0.0837. The molecular formula is C29H64BrNOSi. The molecule has 0 rings (SSSR count). The summed E-state index contributed by atoms with van der Waals surface area (Å²) in [4.78, 5) is 0. The molecule has 0 heterocycles. The predicted molar refractivity (Wildman–Crippen MR) is 149 cm³/mol. The molecule has 1 unspecified atom stereocenters. The molecule has 0 amide bonds. The first-order valence-electron chi connectivity index (χ1n) is 14.7. The second kappa shape index (κ2) is 23.0. The van der Waals surface area contributed by atoms with Crippen LogP contribution in [0.4, 0.5) is 0 Å². The maximum atomic E-state index is 5.95. The van der Waals surface area contributed by atoms with Gasteiger partial charge in [0.1, 0.15) is 0 Å². The van der Waals surface area contributed by atoms with Crippen LogP contribution in [0.25, 0.3) is 0 Å². The minimum absolute atomic E-state index is 0. The molecule has 1 atom stereocenters. The third-order valence-electron chi connectivity index (χ3n) is 7.65. The number of quaternary nitrogens is 1. The zero-order valence-electron chi connectivity index (χ0n) is 24.2. The van der Waals surface area contributed by atoms with Crippen molar-refractivity contribution in [3.8, 4) is 0 Å². The third kappa shape index (κ3) is 20.5. The summed E-state index contributed by atoms with van der Waals surface area (Å²) in [5.41, 5.74) is 0. The molecule has 0 spiro atoms. The van der Waals surface area contributed by atoms with E-state index in [0.29, 0.717) is 5.04 Å². The second-order valence-corrected chi connectivity index (χ2v) is 14.3. The van der Waals surface area contributed by atoms with Gasteiger partial charge in [-0.25, -0.2) is 0 Å². The van der Waals surface area contributed by atoms with Gasteiger partial charge in [0, 0.05) is 13.0 Å². The molecule has 0 saturated heterocycles. The van der Waals surface area contributed by atoms with Crippen molar-refractivity contribution in [2.24, 2.45) is 0 Å². The van der Waals surface area contributed by atoms with Crippen LogP contribution < -0.4 is 17.0 Å². The molecule has 2 nitrogen and oxygen atoms in total. The van der Waals surface area contributed by atoms with Crippen molar-refractivity contribution < 1.29 is 25.9 Å². The maximum absolute atomic E-state index is 5.95. The summed E-state index contributed by atoms with van der Waals surface area (Å²) in [5, 5.41) is 0.410. The van der Waals surface area contributed by atoms with Crippen molar-refractivity contribution in [3.63, 3.8) is 0 Å². The highest BCUT2D eigenvalue weighted by Gasteiger charge is 2.33. The van der Waals surface area contributed by atoms with Gasteiger partial charge in [-0.2, -0.15) is 0 Å². The van der Waals surface area contributed by atoms with E-state index in [1.165, 1.54) is 127 Å². The Labute approximate surface area is 223 Å². The summed E-state index contributed by atoms with van der Waals surface area (Å²) in [7, 11) is 2.13. The van der Waals surface area contributed by atoms with Gasteiger partial charge in [0.2, 0.25) is 0 Å². The minimum Gasteiger partial charge on any atom is -1.00 e. The molecule has 0 bridgehead atoms. The Bertz CT molecular complexity index is 385. The molecule has 0 radical (unpaired) electrons. The summed E-state index contributed by atoms with van der Waals surface area (Å²) in [6.07, 6.45) is 24.1. The number of hydrogen-bond acceptors (Lipinski definition) is 1. The van der Waals surface area contributed by atoms with Crippen LogP contribution in [0.2, 0.25) is 5.04 Å². The Morgan fingerprint density at radius 3 is 1.39 bits per heavy atom. The first-order chi connectivity index (χ1) is 15.3. The zero-order valence-corrected chi connectivity index (χ0v) is 27.2. The van der Waals surface area contributed by atoms with Crippen molar-refractivity contribution in [1.82, 2.24) is 0 Å². The monoisotopic (exact) mass is 549 g/mol. The van der Waals surface area contributed by atoms with Gasteiger partial charge in [0.25, 0.3) is 0 Å². The molecule has 0 N–H and O–H groups in total. The van der Waals surface area contributed by atoms with Gasteiger partial charge in [-0.15, -0.1) is 0 Å². The van der Waals surface area contributed by atoms with Gasteiger partial charge < -0.3 is 25.9 Å². The number of unbranched alkanes of at least 4 members (excludes halogenated alkanes) is 14. The highest BCUT2D eigenvalue weighted by Crippen LogP contribution is 2.33. The van der Waals surface area contributed by atoms with E-state index in [9.17, 15) is 0 Å². The van der Waals surface area contributed by atoms with Crippen LogP contribution in [0.1, 0.15) is 151 Å². The zero-order chi connectivity index (χ0) is 24.1. The van der Waals surface area contributed by atoms with E-state index >= 15 is 0 Å². The lowest BCUT2D eigenvalue weighted by Gasteiger charge is -2.43. The average Bonchev–Trinajstić information content (AvgIpc) is 2.75. The predicted octanol–water partition coefficient (Wildman–Crippen LogP) is 5.82. The van der Waals surface area contributed by atoms with Crippen LogP contribution in [0.15, 0.2) is 0 Å². The highest BCUT2D eigenvalue weighted by atomic mass is 79.9. The summed E-state index contributed by atoms with van der Waals surface area (Å²) in [5.74, 6) is 0. The first kappa shape index (κ1) is 35.8. The summed E-state index contributed by atoms with van der Waals surface area (Å²) < 4.78 is 7.24.